The van der Waals surface area contributed by atoms with E-state index < -0.39 is 6.17 Å². The molecule has 4 heteroatoms. The van der Waals surface area contributed by atoms with Crippen LogP contribution in [0.15, 0.2) is 12.3 Å². The predicted molar refractivity (Wildman–Crippen MR) is 88.2 cm³/mol. The van der Waals surface area contributed by atoms with E-state index in [9.17, 15) is 9.18 Å². The molecule has 1 heterocycles. The third-order valence-electron chi connectivity index (χ3n) is 4.73. The fourth-order valence-electron chi connectivity index (χ4n) is 3.50. The van der Waals surface area contributed by atoms with Crippen LogP contribution in [0.4, 0.5) is 4.39 Å². The summed E-state index contributed by atoms with van der Waals surface area (Å²) >= 11 is 0. The van der Waals surface area contributed by atoms with Crippen molar-refractivity contribution >= 4 is 5.91 Å². The number of carbonyl (C=O) groups excluding carboxylic acids is 1. The van der Waals surface area contributed by atoms with Crippen LogP contribution in [0.1, 0.15) is 59.3 Å². The minimum Gasteiger partial charge on any atom is -0.368 e. The van der Waals surface area contributed by atoms with Gasteiger partial charge in [0.05, 0.1) is 19.1 Å². The molecule has 1 saturated carbocycles. The van der Waals surface area contributed by atoms with Crippen LogP contribution in [0.25, 0.3) is 0 Å². The zero-order chi connectivity index (χ0) is 16.3. The van der Waals surface area contributed by atoms with Gasteiger partial charge < -0.3 is 10.2 Å². The van der Waals surface area contributed by atoms with Crippen molar-refractivity contribution < 1.29 is 9.18 Å². The van der Waals surface area contributed by atoms with Crippen LogP contribution in [-0.4, -0.2) is 36.1 Å². The van der Waals surface area contributed by atoms with Crippen LogP contribution in [0, 0.1) is 11.3 Å². The second-order valence-electron chi connectivity index (χ2n) is 8.17. The van der Waals surface area contributed by atoms with E-state index in [4.69, 9.17) is 0 Å². The molecule has 2 fully saturated rings. The van der Waals surface area contributed by atoms with Crippen LogP contribution in [0.2, 0.25) is 0 Å². The van der Waals surface area contributed by atoms with Gasteiger partial charge in [0.25, 0.3) is 0 Å². The molecule has 2 aliphatic rings. The number of rotatable bonds is 5. The molecule has 0 radical (unpaired) electrons. The fourth-order valence-corrected chi connectivity index (χ4v) is 3.50. The van der Waals surface area contributed by atoms with Crippen LogP contribution < -0.4 is 5.32 Å². The quantitative estimate of drug-likeness (QED) is 0.840. The summed E-state index contributed by atoms with van der Waals surface area (Å²) in [4.78, 5) is 14.4. The largest absolute Gasteiger partial charge is 0.368 e. The standard InChI is InChI=1S/C18H31FN2O/c1-13(21-11-15(19)12-21)17(14-8-6-5-7-9-14)20-16(22)10-18(2,3)4/h14-15,17H,1,5-12H2,2-4H3,(H,20,22)/t17-/m1/s1. The number of hydrogen-bond acceptors (Lipinski definition) is 2. The third-order valence-corrected chi connectivity index (χ3v) is 4.73. The Labute approximate surface area is 134 Å². The first kappa shape index (κ1) is 17.3. The van der Waals surface area contributed by atoms with E-state index in [-0.39, 0.29) is 17.4 Å². The molecule has 0 unspecified atom stereocenters. The van der Waals surface area contributed by atoms with E-state index in [1.54, 1.807) is 0 Å². The summed E-state index contributed by atoms with van der Waals surface area (Å²) in [5.41, 5.74) is 0.881. The molecule has 3 nitrogen and oxygen atoms in total. The molecule has 1 aliphatic carbocycles. The van der Waals surface area contributed by atoms with Gasteiger partial charge in [0.1, 0.15) is 6.17 Å². The molecule has 1 aliphatic heterocycles. The van der Waals surface area contributed by atoms with Gasteiger partial charge in [0.15, 0.2) is 0 Å². The Hall–Kier alpha value is -1.06. The van der Waals surface area contributed by atoms with Crippen molar-refractivity contribution in [2.75, 3.05) is 13.1 Å². The van der Waals surface area contributed by atoms with Crippen molar-refractivity contribution in [3.63, 3.8) is 0 Å². The normalized spacial score (nSPS) is 22.1. The molecule has 0 spiro atoms. The van der Waals surface area contributed by atoms with E-state index in [0.29, 0.717) is 25.4 Å². The van der Waals surface area contributed by atoms with Gasteiger partial charge in [0, 0.05) is 12.1 Å². The van der Waals surface area contributed by atoms with Crippen molar-refractivity contribution in [1.82, 2.24) is 10.2 Å². The maximum atomic E-state index is 13.1. The van der Waals surface area contributed by atoms with Crippen molar-refractivity contribution in [2.24, 2.45) is 11.3 Å². The number of amides is 1. The SMILES string of the molecule is C=C([C@@H](NC(=O)CC(C)(C)C)C1CCCCC1)N1CC(F)C1. The average Bonchev–Trinajstić information content (AvgIpc) is 2.40. The van der Waals surface area contributed by atoms with Gasteiger partial charge >= 0.3 is 0 Å². The Balaban J connectivity index is 2.00. The van der Waals surface area contributed by atoms with Crippen LogP contribution in [0.3, 0.4) is 0 Å². The first-order valence-electron chi connectivity index (χ1n) is 8.63. The first-order chi connectivity index (χ1) is 10.3. The molecule has 1 atom stereocenters. The van der Waals surface area contributed by atoms with E-state index in [1.165, 1.54) is 19.3 Å². The fraction of sp³-hybridized carbons (Fsp3) is 0.833. The van der Waals surface area contributed by atoms with Crippen molar-refractivity contribution in [3.8, 4) is 0 Å². The Morgan fingerprint density at radius 1 is 1.27 bits per heavy atom. The summed E-state index contributed by atoms with van der Waals surface area (Å²) in [6, 6.07) is -0.0253. The lowest BCUT2D eigenvalue weighted by Crippen LogP contribution is -2.54. The maximum absolute atomic E-state index is 13.1. The van der Waals surface area contributed by atoms with E-state index >= 15 is 0 Å². The van der Waals surface area contributed by atoms with Gasteiger partial charge in [0.2, 0.25) is 5.91 Å². The Morgan fingerprint density at radius 3 is 2.36 bits per heavy atom. The molecule has 2 rings (SSSR count). The maximum Gasteiger partial charge on any atom is 0.221 e. The number of alkyl halides is 1. The van der Waals surface area contributed by atoms with Crippen LogP contribution in [0.5, 0.6) is 0 Å². The van der Waals surface area contributed by atoms with E-state index in [0.717, 1.165) is 18.5 Å². The highest BCUT2D eigenvalue weighted by Crippen LogP contribution is 2.32. The molecular weight excluding hydrogens is 279 g/mol. The minimum absolute atomic E-state index is 0.0245. The number of nitrogens with one attached hydrogen (secondary N) is 1. The zero-order valence-electron chi connectivity index (χ0n) is 14.3. The van der Waals surface area contributed by atoms with Crippen molar-refractivity contribution in [3.05, 3.63) is 12.3 Å². The van der Waals surface area contributed by atoms with Crippen molar-refractivity contribution in [1.29, 1.82) is 0 Å². The molecule has 126 valence electrons. The summed E-state index contributed by atoms with van der Waals surface area (Å²) in [6.45, 7) is 11.2. The highest BCUT2D eigenvalue weighted by atomic mass is 19.1. The summed E-state index contributed by atoms with van der Waals surface area (Å²) in [7, 11) is 0. The predicted octanol–water partition coefficient (Wildman–Crippen LogP) is 3.66. The lowest BCUT2D eigenvalue weighted by molar-refractivity contribution is -0.123. The summed E-state index contributed by atoms with van der Waals surface area (Å²) in [5.74, 6) is 0.533. The van der Waals surface area contributed by atoms with Gasteiger partial charge in [-0.1, -0.05) is 46.6 Å². The number of halogens is 1. The Bertz CT molecular complexity index is 404. The topological polar surface area (TPSA) is 32.3 Å². The summed E-state index contributed by atoms with van der Waals surface area (Å²) < 4.78 is 13.1. The molecule has 22 heavy (non-hydrogen) atoms. The number of hydrogen-bond donors (Lipinski definition) is 1. The average molecular weight is 310 g/mol. The molecule has 1 N–H and O–H groups in total. The highest BCUT2D eigenvalue weighted by molar-refractivity contribution is 5.77. The molecule has 0 aromatic heterocycles. The number of likely N-dealkylation sites (tertiary alicyclic amines) is 1. The first-order valence-corrected chi connectivity index (χ1v) is 8.63. The molecule has 0 aromatic rings. The number of carbonyl (C=O) groups is 1. The van der Waals surface area contributed by atoms with Gasteiger partial charge in [-0.3, -0.25) is 4.79 Å². The molecule has 1 amide bonds. The molecule has 1 saturated heterocycles. The van der Waals surface area contributed by atoms with Gasteiger partial charge in [-0.2, -0.15) is 0 Å². The monoisotopic (exact) mass is 310 g/mol. The van der Waals surface area contributed by atoms with Crippen molar-refractivity contribution in [2.45, 2.75) is 71.5 Å². The second kappa shape index (κ2) is 7.01. The Kier molecular flexibility index (Phi) is 5.51. The lowest BCUT2D eigenvalue weighted by Gasteiger charge is -2.43. The smallest absolute Gasteiger partial charge is 0.221 e. The lowest BCUT2D eigenvalue weighted by atomic mass is 9.81. The van der Waals surface area contributed by atoms with E-state index in [1.807, 2.05) is 4.90 Å². The minimum atomic E-state index is -0.742. The van der Waals surface area contributed by atoms with Crippen LogP contribution in [-0.2, 0) is 4.79 Å². The zero-order valence-corrected chi connectivity index (χ0v) is 14.3. The molecule has 0 bridgehead atoms. The summed E-state index contributed by atoms with van der Waals surface area (Å²) in [5, 5.41) is 3.20. The molecule has 0 aromatic carbocycles. The van der Waals surface area contributed by atoms with Gasteiger partial charge in [-0.15, -0.1) is 0 Å². The summed E-state index contributed by atoms with van der Waals surface area (Å²) in [6.07, 6.45) is 5.75. The Morgan fingerprint density at radius 2 is 1.86 bits per heavy atom. The van der Waals surface area contributed by atoms with Crippen LogP contribution >= 0.6 is 0 Å². The third kappa shape index (κ3) is 4.72. The highest BCUT2D eigenvalue weighted by Gasteiger charge is 2.35. The van der Waals surface area contributed by atoms with Gasteiger partial charge in [-0.25, -0.2) is 4.39 Å². The molecular formula is C18H31FN2O. The van der Waals surface area contributed by atoms with Gasteiger partial charge in [-0.05, 0) is 24.2 Å². The van der Waals surface area contributed by atoms with E-state index in [2.05, 4.69) is 32.7 Å². The second-order valence-corrected chi connectivity index (χ2v) is 8.17. The number of nitrogens with zero attached hydrogens (tertiary/aromatic N) is 1.